The summed E-state index contributed by atoms with van der Waals surface area (Å²) in [5.41, 5.74) is 0. The lowest BCUT2D eigenvalue weighted by Crippen LogP contribution is -2.14. The van der Waals surface area contributed by atoms with E-state index in [2.05, 4.69) is 13.8 Å². The van der Waals surface area contributed by atoms with Crippen LogP contribution in [0.25, 0.3) is 0 Å². The minimum atomic E-state index is 0.625. The fourth-order valence-electron chi connectivity index (χ4n) is 1.84. The van der Waals surface area contributed by atoms with Gasteiger partial charge in [-0.2, -0.15) is 0 Å². The van der Waals surface area contributed by atoms with Crippen molar-refractivity contribution < 1.29 is 0 Å². The zero-order valence-corrected chi connectivity index (χ0v) is 6.81. The van der Waals surface area contributed by atoms with E-state index in [1.54, 1.807) is 0 Å². The predicted molar refractivity (Wildman–Crippen MR) is 45.4 cm³/mol. The van der Waals surface area contributed by atoms with Crippen LogP contribution in [0.3, 0.4) is 0 Å². The molecule has 1 saturated carbocycles. The summed E-state index contributed by atoms with van der Waals surface area (Å²) in [6, 6.07) is 0. The highest BCUT2D eigenvalue weighted by atomic mass is 14.2. The van der Waals surface area contributed by atoms with E-state index in [1.807, 2.05) is 0 Å². The van der Waals surface area contributed by atoms with E-state index in [-0.39, 0.29) is 0 Å². The van der Waals surface area contributed by atoms with Crippen molar-refractivity contribution in [3.8, 4) is 0 Å². The molecule has 1 aliphatic rings. The van der Waals surface area contributed by atoms with Gasteiger partial charge in [0.05, 0.1) is 0 Å². The monoisotopic (exact) mass is 138 g/mol. The maximum absolute atomic E-state index is 4.12. The van der Waals surface area contributed by atoms with E-state index in [0.29, 0.717) is 5.92 Å². The van der Waals surface area contributed by atoms with Crippen molar-refractivity contribution in [1.29, 1.82) is 0 Å². The Hall–Kier alpha value is 0. The van der Waals surface area contributed by atoms with Gasteiger partial charge in [-0.15, -0.1) is 0 Å². The van der Waals surface area contributed by atoms with E-state index < -0.39 is 0 Å². The third-order valence-corrected chi connectivity index (χ3v) is 2.69. The Balaban J connectivity index is 2.24. The molecule has 0 spiro atoms. The Morgan fingerprint density at radius 1 is 1.20 bits per heavy atom. The number of hydrogen-bond acceptors (Lipinski definition) is 0. The highest BCUT2D eigenvalue weighted by Crippen LogP contribution is 2.30. The molecule has 0 bridgehead atoms. The molecule has 0 N–H and O–H groups in total. The predicted octanol–water partition coefficient (Wildman–Crippen LogP) is 3.24. The topological polar surface area (TPSA) is 0 Å². The number of hydrogen-bond donors (Lipinski definition) is 0. The molecule has 0 nitrogen and oxygen atoms in total. The molecule has 1 rings (SSSR count). The molecule has 1 aliphatic carbocycles. The van der Waals surface area contributed by atoms with Gasteiger partial charge in [-0.3, -0.25) is 0 Å². The molecule has 1 fully saturated rings. The maximum Gasteiger partial charge on any atom is -0.0386 e. The molecule has 0 aromatic heterocycles. The Kier molecular flexibility index (Phi) is 3.24. The molecule has 0 amide bonds. The first-order valence-corrected chi connectivity index (χ1v) is 4.47. The van der Waals surface area contributed by atoms with Crippen LogP contribution < -0.4 is 0 Å². The van der Waals surface area contributed by atoms with Gasteiger partial charge in [0.25, 0.3) is 0 Å². The molecule has 0 aromatic rings. The van der Waals surface area contributed by atoms with Crippen molar-refractivity contribution in [3.05, 3.63) is 13.8 Å². The molecule has 2 radical (unpaired) electrons. The maximum atomic E-state index is 4.12. The SMILES string of the molecule is [CH2]CC([CH2])C1CCCCC1. The highest BCUT2D eigenvalue weighted by Gasteiger charge is 2.17. The molecular weight excluding hydrogens is 120 g/mol. The van der Waals surface area contributed by atoms with Crippen molar-refractivity contribution in [3.63, 3.8) is 0 Å². The highest BCUT2D eigenvalue weighted by molar-refractivity contribution is 4.75. The second kappa shape index (κ2) is 4.00. The summed E-state index contributed by atoms with van der Waals surface area (Å²) in [4.78, 5) is 0. The summed E-state index contributed by atoms with van der Waals surface area (Å²) < 4.78 is 0. The van der Waals surface area contributed by atoms with Crippen LogP contribution >= 0.6 is 0 Å². The van der Waals surface area contributed by atoms with Crippen molar-refractivity contribution >= 4 is 0 Å². The smallest absolute Gasteiger partial charge is 0.0386 e. The lowest BCUT2D eigenvalue weighted by Gasteiger charge is -2.26. The zero-order valence-electron chi connectivity index (χ0n) is 6.81. The van der Waals surface area contributed by atoms with Crippen LogP contribution in [0.15, 0.2) is 0 Å². The Bertz CT molecular complexity index is 80.0. The standard InChI is InChI=1S/C10H18/c1-3-9(2)10-7-5-4-6-8-10/h9-10H,1-8H2. The largest absolute Gasteiger partial charge is 0.0533 e. The van der Waals surface area contributed by atoms with Gasteiger partial charge in [0.1, 0.15) is 0 Å². The van der Waals surface area contributed by atoms with E-state index in [4.69, 9.17) is 0 Å². The third-order valence-electron chi connectivity index (χ3n) is 2.69. The van der Waals surface area contributed by atoms with Crippen LogP contribution in [0, 0.1) is 25.7 Å². The molecule has 0 saturated heterocycles. The van der Waals surface area contributed by atoms with Crippen molar-refractivity contribution in [2.24, 2.45) is 11.8 Å². The Labute approximate surface area is 65.0 Å². The molecule has 0 heterocycles. The van der Waals surface area contributed by atoms with Gasteiger partial charge >= 0.3 is 0 Å². The summed E-state index contributed by atoms with van der Waals surface area (Å²) in [6.45, 7) is 8.02. The van der Waals surface area contributed by atoms with Crippen LogP contribution in [-0.4, -0.2) is 0 Å². The summed E-state index contributed by atoms with van der Waals surface area (Å²) in [7, 11) is 0. The molecule has 58 valence electrons. The van der Waals surface area contributed by atoms with Crippen molar-refractivity contribution in [2.75, 3.05) is 0 Å². The van der Waals surface area contributed by atoms with E-state index in [1.165, 1.54) is 32.1 Å². The van der Waals surface area contributed by atoms with Crippen molar-refractivity contribution in [2.45, 2.75) is 38.5 Å². The molecule has 1 unspecified atom stereocenters. The summed E-state index contributed by atoms with van der Waals surface area (Å²) in [5, 5.41) is 0. The first-order chi connectivity index (χ1) is 4.84. The first kappa shape index (κ1) is 8.10. The quantitative estimate of drug-likeness (QED) is 0.549. The second-order valence-electron chi connectivity index (χ2n) is 3.45. The van der Waals surface area contributed by atoms with E-state index >= 15 is 0 Å². The molecule has 1 atom stereocenters. The normalized spacial score (nSPS) is 24.6. The summed E-state index contributed by atoms with van der Waals surface area (Å²) in [5.74, 6) is 1.52. The molecule has 0 aliphatic heterocycles. The van der Waals surface area contributed by atoms with E-state index in [0.717, 1.165) is 12.3 Å². The van der Waals surface area contributed by atoms with Gasteiger partial charge < -0.3 is 0 Å². The average Bonchev–Trinajstić information content (AvgIpc) is 2.05. The molecule has 10 heavy (non-hydrogen) atoms. The van der Waals surface area contributed by atoms with Gasteiger partial charge in [-0.1, -0.05) is 45.4 Å². The molecule has 0 aromatic carbocycles. The second-order valence-corrected chi connectivity index (χ2v) is 3.45. The van der Waals surface area contributed by atoms with Crippen molar-refractivity contribution in [1.82, 2.24) is 0 Å². The summed E-state index contributed by atoms with van der Waals surface area (Å²) in [6.07, 6.45) is 8.13. The van der Waals surface area contributed by atoms with Crippen LogP contribution in [-0.2, 0) is 0 Å². The minimum absolute atomic E-state index is 0.625. The average molecular weight is 138 g/mol. The van der Waals surface area contributed by atoms with Crippen LogP contribution in [0.1, 0.15) is 38.5 Å². The van der Waals surface area contributed by atoms with Gasteiger partial charge in [-0.05, 0) is 18.8 Å². The lowest BCUT2D eigenvalue weighted by atomic mass is 9.80. The van der Waals surface area contributed by atoms with Gasteiger partial charge in [0.2, 0.25) is 0 Å². The van der Waals surface area contributed by atoms with Crippen LogP contribution in [0.4, 0.5) is 0 Å². The third kappa shape index (κ3) is 2.00. The fraction of sp³-hybridized carbons (Fsp3) is 0.800. The summed E-state index contributed by atoms with van der Waals surface area (Å²) >= 11 is 0. The zero-order chi connectivity index (χ0) is 7.40. The van der Waals surface area contributed by atoms with E-state index in [9.17, 15) is 0 Å². The van der Waals surface area contributed by atoms with Gasteiger partial charge in [-0.25, -0.2) is 0 Å². The van der Waals surface area contributed by atoms with Gasteiger partial charge in [0, 0.05) is 0 Å². The first-order valence-electron chi connectivity index (χ1n) is 4.47. The lowest BCUT2D eigenvalue weighted by molar-refractivity contribution is 0.285. The molecular formula is C10H18. The van der Waals surface area contributed by atoms with Crippen LogP contribution in [0.5, 0.6) is 0 Å². The Morgan fingerprint density at radius 3 is 2.30 bits per heavy atom. The van der Waals surface area contributed by atoms with Gasteiger partial charge in [0.15, 0.2) is 0 Å². The van der Waals surface area contributed by atoms with Crippen LogP contribution in [0.2, 0.25) is 0 Å². The Morgan fingerprint density at radius 2 is 1.80 bits per heavy atom. The number of rotatable bonds is 2. The fourth-order valence-corrected chi connectivity index (χ4v) is 1.84. The minimum Gasteiger partial charge on any atom is -0.0533 e. The molecule has 0 heteroatoms.